The number of nitrogens with zero attached hydrogens (tertiary/aromatic N) is 3. The van der Waals surface area contributed by atoms with Gasteiger partial charge in [-0.05, 0) is 24.3 Å². The van der Waals surface area contributed by atoms with Crippen LogP contribution in [0.15, 0.2) is 42.6 Å². The minimum atomic E-state index is 0.167. The maximum atomic E-state index is 10.7. The highest BCUT2D eigenvalue weighted by Gasteiger charge is 2.07. The first-order valence-corrected chi connectivity index (χ1v) is 5.37. The Morgan fingerprint density at radius 3 is 2.89 bits per heavy atom. The monoisotopic (exact) mass is 239 g/mol. The summed E-state index contributed by atoms with van der Waals surface area (Å²) in [7, 11) is 0. The summed E-state index contributed by atoms with van der Waals surface area (Å²) < 4.78 is 1.59. The quantitative estimate of drug-likeness (QED) is 0.694. The smallest absolute Gasteiger partial charge is 0.182 e. The standard InChI is InChI=1S/C13H9N3O2/c17-8-9-4-5-16-12(6-9)14-13(15-16)10-2-1-3-11(18)7-10/h1-8,18H. The summed E-state index contributed by atoms with van der Waals surface area (Å²) in [5, 5.41) is 13.7. The Kier molecular flexibility index (Phi) is 2.30. The van der Waals surface area contributed by atoms with E-state index < -0.39 is 0 Å². The molecule has 0 spiro atoms. The Morgan fingerprint density at radius 1 is 1.22 bits per heavy atom. The molecule has 5 nitrogen and oxygen atoms in total. The zero-order valence-corrected chi connectivity index (χ0v) is 9.32. The van der Waals surface area contributed by atoms with Gasteiger partial charge < -0.3 is 5.11 Å². The minimum absolute atomic E-state index is 0.167. The second-order valence-corrected chi connectivity index (χ2v) is 3.87. The normalized spacial score (nSPS) is 10.7. The summed E-state index contributed by atoms with van der Waals surface area (Å²) in [6, 6.07) is 10.1. The van der Waals surface area contributed by atoms with Crippen LogP contribution in [0.1, 0.15) is 10.4 Å². The highest BCUT2D eigenvalue weighted by atomic mass is 16.3. The summed E-state index contributed by atoms with van der Waals surface area (Å²) in [5.41, 5.74) is 1.88. The predicted octanol–water partition coefficient (Wildman–Crippen LogP) is 1.91. The van der Waals surface area contributed by atoms with E-state index in [1.54, 1.807) is 41.0 Å². The fourth-order valence-corrected chi connectivity index (χ4v) is 1.74. The van der Waals surface area contributed by atoms with E-state index in [1.807, 2.05) is 6.07 Å². The van der Waals surface area contributed by atoms with Crippen LogP contribution in [0.3, 0.4) is 0 Å². The van der Waals surface area contributed by atoms with Crippen LogP contribution in [0.2, 0.25) is 0 Å². The summed E-state index contributed by atoms with van der Waals surface area (Å²) in [6.07, 6.45) is 2.45. The van der Waals surface area contributed by atoms with Gasteiger partial charge in [-0.2, -0.15) is 0 Å². The van der Waals surface area contributed by atoms with Crippen LogP contribution >= 0.6 is 0 Å². The molecule has 0 amide bonds. The number of hydrogen-bond donors (Lipinski definition) is 1. The van der Waals surface area contributed by atoms with Gasteiger partial charge in [0, 0.05) is 17.3 Å². The third-order valence-electron chi connectivity index (χ3n) is 2.60. The minimum Gasteiger partial charge on any atom is -0.508 e. The highest BCUT2D eigenvalue weighted by molar-refractivity contribution is 5.76. The van der Waals surface area contributed by atoms with Crippen LogP contribution in [0.5, 0.6) is 5.75 Å². The third-order valence-corrected chi connectivity index (χ3v) is 2.60. The Hall–Kier alpha value is -2.69. The molecule has 0 radical (unpaired) electrons. The lowest BCUT2D eigenvalue weighted by Gasteiger charge is -1.94. The second kappa shape index (κ2) is 3.96. The first-order chi connectivity index (χ1) is 8.76. The van der Waals surface area contributed by atoms with Crippen LogP contribution in [-0.2, 0) is 0 Å². The van der Waals surface area contributed by atoms with Gasteiger partial charge in [0.25, 0.3) is 0 Å². The molecule has 3 rings (SSSR count). The maximum absolute atomic E-state index is 10.7. The number of aromatic hydroxyl groups is 1. The van der Waals surface area contributed by atoms with Crippen LogP contribution in [0.4, 0.5) is 0 Å². The van der Waals surface area contributed by atoms with Gasteiger partial charge in [-0.1, -0.05) is 12.1 Å². The molecule has 0 saturated heterocycles. The van der Waals surface area contributed by atoms with Crippen molar-refractivity contribution in [1.29, 1.82) is 0 Å². The predicted molar refractivity (Wildman–Crippen MR) is 65.5 cm³/mol. The molecular formula is C13H9N3O2. The topological polar surface area (TPSA) is 67.5 Å². The largest absolute Gasteiger partial charge is 0.508 e. The van der Waals surface area contributed by atoms with Crippen molar-refractivity contribution in [3.8, 4) is 17.1 Å². The van der Waals surface area contributed by atoms with E-state index in [0.29, 0.717) is 17.0 Å². The molecule has 3 aromatic rings. The molecule has 0 unspecified atom stereocenters. The number of carbonyl (C=O) groups excluding carboxylic acids is 1. The van der Waals surface area contributed by atoms with Crippen LogP contribution < -0.4 is 0 Å². The number of benzene rings is 1. The van der Waals surface area contributed by atoms with Crippen molar-refractivity contribution in [1.82, 2.24) is 14.6 Å². The fraction of sp³-hybridized carbons (Fsp3) is 0. The van der Waals surface area contributed by atoms with Crippen molar-refractivity contribution in [2.45, 2.75) is 0 Å². The summed E-state index contributed by atoms with van der Waals surface area (Å²) in [5.74, 6) is 0.675. The fourth-order valence-electron chi connectivity index (χ4n) is 1.74. The van der Waals surface area contributed by atoms with E-state index in [2.05, 4.69) is 10.1 Å². The molecule has 5 heteroatoms. The summed E-state index contributed by atoms with van der Waals surface area (Å²) in [6.45, 7) is 0. The summed E-state index contributed by atoms with van der Waals surface area (Å²) >= 11 is 0. The number of fused-ring (bicyclic) bond motifs is 1. The molecular weight excluding hydrogens is 230 g/mol. The lowest BCUT2D eigenvalue weighted by molar-refractivity contribution is 0.112. The van der Waals surface area contributed by atoms with Gasteiger partial charge in [0.2, 0.25) is 0 Å². The van der Waals surface area contributed by atoms with Gasteiger partial charge in [0.05, 0.1) is 0 Å². The molecule has 0 bridgehead atoms. The van der Waals surface area contributed by atoms with E-state index in [4.69, 9.17) is 0 Å². The zero-order valence-electron chi connectivity index (χ0n) is 9.32. The van der Waals surface area contributed by atoms with Gasteiger partial charge in [0.15, 0.2) is 11.5 Å². The average molecular weight is 239 g/mol. The third kappa shape index (κ3) is 1.71. The van der Waals surface area contributed by atoms with Crippen LogP contribution in [0.25, 0.3) is 17.0 Å². The lowest BCUT2D eigenvalue weighted by atomic mass is 10.2. The first-order valence-electron chi connectivity index (χ1n) is 5.37. The van der Waals surface area contributed by atoms with Crippen molar-refractivity contribution in [3.05, 3.63) is 48.2 Å². The van der Waals surface area contributed by atoms with Gasteiger partial charge in [-0.15, -0.1) is 5.10 Å². The van der Waals surface area contributed by atoms with Crippen molar-refractivity contribution in [2.75, 3.05) is 0 Å². The number of aromatic nitrogens is 3. The number of hydrogen-bond acceptors (Lipinski definition) is 4. The van der Waals surface area contributed by atoms with E-state index in [-0.39, 0.29) is 5.75 Å². The van der Waals surface area contributed by atoms with Crippen molar-refractivity contribution in [3.63, 3.8) is 0 Å². The van der Waals surface area contributed by atoms with Crippen LogP contribution in [0, 0.1) is 0 Å². The first kappa shape index (κ1) is 10.5. The molecule has 0 aliphatic rings. The molecule has 88 valence electrons. The lowest BCUT2D eigenvalue weighted by Crippen LogP contribution is -1.88. The van der Waals surface area contributed by atoms with E-state index >= 15 is 0 Å². The van der Waals surface area contributed by atoms with E-state index in [0.717, 1.165) is 11.8 Å². The molecule has 1 aromatic carbocycles. The Balaban J connectivity index is 2.16. The van der Waals surface area contributed by atoms with Gasteiger partial charge in [0.1, 0.15) is 12.0 Å². The molecule has 2 heterocycles. The Bertz CT molecular complexity index is 734. The highest BCUT2D eigenvalue weighted by Crippen LogP contribution is 2.20. The van der Waals surface area contributed by atoms with Crippen molar-refractivity contribution < 1.29 is 9.90 Å². The maximum Gasteiger partial charge on any atom is 0.182 e. The second-order valence-electron chi connectivity index (χ2n) is 3.87. The number of phenolic OH excluding ortho intramolecular Hbond substituents is 1. The molecule has 0 fully saturated rings. The van der Waals surface area contributed by atoms with E-state index in [9.17, 15) is 9.90 Å². The van der Waals surface area contributed by atoms with Crippen molar-refractivity contribution in [2.24, 2.45) is 0 Å². The van der Waals surface area contributed by atoms with Gasteiger partial charge >= 0.3 is 0 Å². The number of phenols is 1. The molecule has 2 aromatic heterocycles. The molecule has 1 N–H and O–H groups in total. The zero-order chi connectivity index (χ0) is 12.5. The van der Waals surface area contributed by atoms with Crippen molar-refractivity contribution >= 4 is 11.9 Å². The van der Waals surface area contributed by atoms with Gasteiger partial charge in [-0.3, -0.25) is 4.79 Å². The van der Waals surface area contributed by atoms with Gasteiger partial charge in [-0.25, -0.2) is 9.50 Å². The molecule has 0 atom stereocenters. The number of pyridine rings is 1. The molecule has 0 aliphatic heterocycles. The molecule has 18 heavy (non-hydrogen) atoms. The number of carbonyl (C=O) groups is 1. The Labute approximate surface area is 102 Å². The number of aldehydes is 1. The van der Waals surface area contributed by atoms with Crippen LogP contribution in [-0.4, -0.2) is 26.0 Å². The SMILES string of the molecule is O=Cc1ccn2nc(-c3cccc(O)c3)nc2c1. The number of rotatable bonds is 2. The summed E-state index contributed by atoms with van der Waals surface area (Å²) in [4.78, 5) is 15.0. The van der Waals surface area contributed by atoms with E-state index in [1.165, 1.54) is 0 Å². The molecule has 0 aliphatic carbocycles. The Morgan fingerprint density at radius 2 is 2.11 bits per heavy atom. The molecule has 0 saturated carbocycles. The average Bonchev–Trinajstić information content (AvgIpc) is 2.81.